The van der Waals surface area contributed by atoms with Crippen LogP contribution in [0.5, 0.6) is 11.5 Å². The molecule has 1 aliphatic rings. The summed E-state index contributed by atoms with van der Waals surface area (Å²) in [7, 11) is 1.24. The minimum Gasteiger partial charge on any atom is -0.465 e. The third-order valence-electron chi connectivity index (χ3n) is 4.17. The standard InChI is InChI=1S/C20H19NO5/c1-12-4-5-14(8-13(12)2)19(22)16(20(23)24-3)10-21-15-6-7-17-18(9-15)26-11-25-17/h4-10,21H,11H2,1-3H3. The predicted octanol–water partition coefficient (Wildman–Crippen LogP) is 3.38. The molecule has 0 bridgehead atoms. The Balaban J connectivity index is 1.87. The van der Waals surface area contributed by atoms with Crippen LogP contribution < -0.4 is 14.8 Å². The van der Waals surface area contributed by atoms with E-state index in [1.54, 1.807) is 30.3 Å². The number of hydrogen-bond acceptors (Lipinski definition) is 6. The van der Waals surface area contributed by atoms with Gasteiger partial charge in [-0.25, -0.2) is 4.79 Å². The van der Waals surface area contributed by atoms with E-state index in [1.807, 2.05) is 19.9 Å². The number of anilines is 1. The quantitative estimate of drug-likeness (QED) is 0.292. The first-order valence-corrected chi connectivity index (χ1v) is 8.06. The molecule has 0 spiro atoms. The van der Waals surface area contributed by atoms with E-state index in [2.05, 4.69) is 5.32 Å². The summed E-state index contributed by atoms with van der Waals surface area (Å²) in [6, 6.07) is 10.6. The van der Waals surface area contributed by atoms with Crippen LogP contribution in [0.1, 0.15) is 21.5 Å². The van der Waals surface area contributed by atoms with Crippen LogP contribution in [0, 0.1) is 13.8 Å². The first-order chi connectivity index (χ1) is 12.5. The lowest BCUT2D eigenvalue weighted by Crippen LogP contribution is -2.16. The van der Waals surface area contributed by atoms with Gasteiger partial charge in [-0.3, -0.25) is 4.79 Å². The zero-order valence-corrected chi connectivity index (χ0v) is 14.8. The minimum absolute atomic E-state index is 0.0894. The lowest BCUT2D eigenvalue weighted by molar-refractivity contribution is -0.135. The topological polar surface area (TPSA) is 73.9 Å². The number of ketones is 1. The van der Waals surface area contributed by atoms with Gasteiger partial charge in [-0.15, -0.1) is 0 Å². The zero-order valence-electron chi connectivity index (χ0n) is 14.8. The summed E-state index contributed by atoms with van der Waals surface area (Å²) in [6.07, 6.45) is 1.35. The van der Waals surface area contributed by atoms with Crippen LogP contribution in [0.2, 0.25) is 0 Å². The Morgan fingerprint density at radius 2 is 1.81 bits per heavy atom. The van der Waals surface area contributed by atoms with Gasteiger partial charge in [-0.05, 0) is 43.2 Å². The van der Waals surface area contributed by atoms with E-state index in [0.717, 1.165) is 11.1 Å². The Bertz CT molecular complexity index is 901. The van der Waals surface area contributed by atoms with Crippen LogP contribution >= 0.6 is 0 Å². The molecule has 134 valence electrons. The maximum atomic E-state index is 12.8. The highest BCUT2D eigenvalue weighted by Crippen LogP contribution is 2.34. The smallest absolute Gasteiger partial charge is 0.343 e. The first-order valence-electron chi connectivity index (χ1n) is 8.06. The molecule has 6 heteroatoms. The summed E-state index contributed by atoms with van der Waals surface area (Å²) in [5.41, 5.74) is 3.04. The van der Waals surface area contributed by atoms with Crippen molar-refractivity contribution in [3.05, 3.63) is 64.9 Å². The Kier molecular flexibility index (Phi) is 4.93. The van der Waals surface area contributed by atoms with E-state index in [4.69, 9.17) is 14.2 Å². The Labute approximate surface area is 151 Å². The van der Waals surface area contributed by atoms with Gasteiger partial charge in [0.15, 0.2) is 11.5 Å². The third kappa shape index (κ3) is 3.54. The van der Waals surface area contributed by atoms with Gasteiger partial charge < -0.3 is 19.5 Å². The number of benzene rings is 2. The maximum absolute atomic E-state index is 12.8. The van der Waals surface area contributed by atoms with Crippen LogP contribution in [0.4, 0.5) is 5.69 Å². The molecule has 0 aromatic heterocycles. The highest BCUT2D eigenvalue weighted by molar-refractivity contribution is 6.24. The van der Waals surface area contributed by atoms with Gasteiger partial charge in [0, 0.05) is 23.5 Å². The second-order valence-electron chi connectivity index (χ2n) is 5.89. The highest BCUT2D eigenvalue weighted by Gasteiger charge is 2.21. The van der Waals surface area contributed by atoms with Gasteiger partial charge in [0.25, 0.3) is 0 Å². The van der Waals surface area contributed by atoms with E-state index < -0.39 is 11.8 Å². The van der Waals surface area contributed by atoms with Crippen molar-refractivity contribution in [2.75, 3.05) is 19.2 Å². The summed E-state index contributed by atoms with van der Waals surface area (Å²) in [4.78, 5) is 24.9. The third-order valence-corrected chi connectivity index (χ3v) is 4.17. The molecule has 0 fully saturated rings. The van der Waals surface area contributed by atoms with Crippen molar-refractivity contribution >= 4 is 17.4 Å². The molecule has 26 heavy (non-hydrogen) atoms. The number of aryl methyl sites for hydroxylation is 2. The van der Waals surface area contributed by atoms with Crippen LogP contribution in [0.15, 0.2) is 48.2 Å². The van der Waals surface area contributed by atoms with Crippen molar-refractivity contribution in [1.82, 2.24) is 0 Å². The van der Waals surface area contributed by atoms with Crippen molar-refractivity contribution in [1.29, 1.82) is 0 Å². The number of esters is 1. The van der Waals surface area contributed by atoms with E-state index >= 15 is 0 Å². The second kappa shape index (κ2) is 7.31. The largest absolute Gasteiger partial charge is 0.465 e. The molecule has 3 rings (SSSR count). The molecule has 1 heterocycles. The fraction of sp³-hybridized carbons (Fsp3) is 0.200. The van der Waals surface area contributed by atoms with E-state index in [0.29, 0.717) is 22.7 Å². The normalized spacial score (nSPS) is 12.7. The fourth-order valence-electron chi connectivity index (χ4n) is 2.51. The number of rotatable bonds is 5. The summed E-state index contributed by atoms with van der Waals surface area (Å²) >= 11 is 0. The maximum Gasteiger partial charge on any atom is 0.343 e. The van der Waals surface area contributed by atoms with Gasteiger partial charge >= 0.3 is 5.97 Å². The average Bonchev–Trinajstić information content (AvgIpc) is 3.11. The first kappa shape index (κ1) is 17.5. The lowest BCUT2D eigenvalue weighted by atomic mass is 9.99. The van der Waals surface area contributed by atoms with Crippen molar-refractivity contribution < 1.29 is 23.8 Å². The van der Waals surface area contributed by atoms with E-state index in [-0.39, 0.29) is 12.4 Å². The summed E-state index contributed by atoms with van der Waals surface area (Å²) in [6.45, 7) is 4.05. The minimum atomic E-state index is -0.707. The number of carbonyl (C=O) groups is 2. The molecule has 0 saturated carbocycles. The molecular formula is C20H19NO5. The number of ether oxygens (including phenoxy) is 3. The zero-order chi connectivity index (χ0) is 18.7. The molecule has 0 atom stereocenters. The highest BCUT2D eigenvalue weighted by atomic mass is 16.7. The summed E-state index contributed by atoms with van der Waals surface area (Å²) in [5.74, 6) is 0.136. The number of Topliss-reactive ketones (excluding diaryl/α,β-unsaturated/α-hetero) is 1. The van der Waals surface area contributed by atoms with Crippen molar-refractivity contribution in [2.45, 2.75) is 13.8 Å². The van der Waals surface area contributed by atoms with Crippen molar-refractivity contribution in [2.24, 2.45) is 0 Å². The Hall–Kier alpha value is -3.28. The van der Waals surface area contributed by atoms with E-state index in [9.17, 15) is 9.59 Å². The van der Waals surface area contributed by atoms with Crippen LogP contribution in [0.25, 0.3) is 0 Å². The van der Waals surface area contributed by atoms with Gasteiger partial charge in [-0.1, -0.05) is 12.1 Å². The van der Waals surface area contributed by atoms with Gasteiger partial charge in [0.05, 0.1) is 7.11 Å². The Morgan fingerprint density at radius 3 is 2.54 bits per heavy atom. The Morgan fingerprint density at radius 1 is 1.04 bits per heavy atom. The number of carbonyl (C=O) groups excluding carboxylic acids is 2. The molecule has 1 N–H and O–H groups in total. The molecule has 0 saturated heterocycles. The molecule has 0 aliphatic carbocycles. The van der Waals surface area contributed by atoms with E-state index in [1.165, 1.54) is 13.3 Å². The van der Waals surface area contributed by atoms with Crippen LogP contribution in [-0.2, 0) is 9.53 Å². The lowest BCUT2D eigenvalue weighted by Gasteiger charge is -2.09. The van der Waals surface area contributed by atoms with Crippen molar-refractivity contribution in [3.63, 3.8) is 0 Å². The van der Waals surface area contributed by atoms with Crippen LogP contribution in [-0.4, -0.2) is 25.7 Å². The molecule has 1 aliphatic heterocycles. The number of hydrogen-bond donors (Lipinski definition) is 1. The molecule has 0 unspecified atom stereocenters. The summed E-state index contributed by atoms with van der Waals surface area (Å²) in [5, 5.41) is 2.95. The van der Waals surface area contributed by atoms with Gasteiger partial charge in [0.1, 0.15) is 5.57 Å². The summed E-state index contributed by atoms with van der Waals surface area (Å²) < 4.78 is 15.3. The SMILES string of the molecule is COC(=O)C(=CNc1ccc2c(c1)OCO2)C(=O)c1ccc(C)c(C)c1. The predicted molar refractivity (Wildman–Crippen MR) is 96.5 cm³/mol. The van der Waals surface area contributed by atoms with Crippen molar-refractivity contribution in [3.8, 4) is 11.5 Å². The number of fused-ring (bicyclic) bond motifs is 1. The number of methoxy groups -OCH3 is 1. The number of nitrogens with one attached hydrogen (secondary N) is 1. The molecular weight excluding hydrogens is 334 g/mol. The molecule has 0 amide bonds. The molecule has 0 radical (unpaired) electrons. The monoisotopic (exact) mass is 353 g/mol. The molecule has 2 aromatic carbocycles. The average molecular weight is 353 g/mol. The fourth-order valence-corrected chi connectivity index (χ4v) is 2.51. The van der Waals surface area contributed by atoms with Crippen LogP contribution in [0.3, 0.4) is 0 Å². The molecule has 2 aromatic rings. The second-order valence-corrected chi connectivity index (χ2v) is 5.89. The van der Waals surface area contributed by atoms with Gasteiger partial charge in [-0.2, -0.15) is 0 Å². The molecule has 6 nitrogen and oxygen atoms in total. The van der Waals surface area contributed by atoms with Gasteiger partial charge in [0.2, 0.25) is 12.6 Å².